The minimum absolute atomic E-state index is 0.100. The first kappa shape index (κ1) is 17.7. The van der Waals surface area contributed by atoms with Crippen molar-refractivity contribution < 1.29 is 4.79 Å². The number of thioether (sulfide) groups is 2. The highest BCUT2D eigenvalue weighted by Gasteiger charge is 2.23. The van der Waals surface area contributed by atoms with Crippen LogP contribution in [0.2, 0.25) is 0 Å². The molecule has 23 heavy (non-hydrogen) atoms. The lowest BCUT2D eigenvalue weighted by Gasteiger charge is -2.16. The van der Waals surface area contributed by atoms with Crippen molar-refractivity contribution in [1.29, 1.82) is 0 Å². The highest BCUT2D eigenvalue weighted by molar-refractivity contribution is 7.99. The van der Waals surface area contributed by atoms with Gasteiger partial charge in [-0.15, -0.1) is 22.0 Å². The van der Waals surface area contributed by atoms with E-state index in [0.717, 1.165) is 10.6 Å². The minimum atomic E-state index is -0.194. The smallest absolute Gasteiger partial charge is 0.234 e. The van der Waals surface area contributed by atoms with E-state index in [0.29, 0.717) is 11.0 Å². The maximum Gasteiger partial charge on any atom is 0.234 e. The van der Waals surface area contributed by atoms with Gasteiger partial charge in [0.25, 0.3) is 0 Å². The minimum Gasteiger partial charge on any atom is -0.336 e. The van der Waals surface area contributed by atoms with Gasteiger partial charge < -0.3 is 11.2 Å². The number of nitrogen functional groups attached to an aromatic ring is 1. The maximum absolute atomic E-state index is 12.1. The first-order chi connectivity index (χ1) is 10.8. The van der Waals surface area contributed by atoms with Gasteiger partial charge in [0.1, 0.15) is 0 Å². The second kappa shape index (κ2) is 7.27. The predicted octanol–water partition coefficient (Wildman–Crippen LogP) is 2.74. The van der Waals surface area contributed by atoms with Crippen molar-refractivity contribution in [2.75, 3.05) is 23.2 Å². The molecule has 0 bridgehead atoms. The molecule has 3 N–H and O–H groups in total. The van der Waals surface area contributed by atoms with Gasteiger partial charge in [-0.2, -0.15) is 0 Å². The van der Waals surface area contributed by atoms with E-state index >= 15 is 0 Å². The predicted molar refractivity (Wildman–Crippen MR) is 96.4 cm³/mol. The largest absolute Gasteiger partial charge is 0.336 e. The number of anilines is 1. The number of nitrogens with two attached hydrogens (primary N) is 1. The van der Waals surface area contributed by atoms with Crippen LogP contribution < -0.4 is 11.2 Å². The molecule has 0 unspecified atom stereocenters. The second-order valence-electron chi connectivity index (χ2n) is 5.96. The molecule has 0 atom stereocenters. The Hall–Kier alpha value is -1.67. The average Bonchev–Trinajstić information content (AvgIpc) is 2.87. The molecule has 0 aliphatic heterocycles. The van der Waals surface area contributed by atoms with Crippen molar-refractivity contribution in [3.05, 3.63) is 30.1 Å². The molecule has 0 aliphatic rings. The van der Waals surface area contributed by atoms with E-state index < -0.39 is 0 Å². The number of benzene rings is 1. The zero-order valence-electron chi connectivity index (χ0n) is 13.7. The summed E-state index contributed by atoms with van der Waals surface area (Å²) in [5.74, 6) is 6.82. The zero-order valence-corrected chi connectivity index (χ0v) is 15.3. The lowest BCUT2D eigenvalue weighted by molar-refractivity contribution is -0.113. The Bertz CT molecular complexity index is 693. The number of nitrogens with zero attached hydrogens (tertiary/aromatic N) is 3. The summed E-state index contributed by atoms with van der Waals surface area (Å²) >= 11 is 2.86. The number of hydrogen-bond donors (Lipinski definition) is 2. The Kier molecular flexibility index (Phi) is 5.59. The van der Waals surface area contributed by atoms with Gasteiger partial charge in [-0.05, 0) is 18.4 Å². The fourth-order valence-corrected chi connectivity index (χ4v) is 3.16. The number of rotatable bonds is 5. The quantitative estimate of drug-likeness (QED) is 0.636. The molecule has 1 aromatic carbocycles. The van der Waals surface area contributed by atoms with Crippen LogP contribution in [0.25, 0.3) is 0 Å². The Morgan fingerprint density at radius 2 is 2.00 bits per heavy atom. The van der Waals surface area contributed by atoms with Gasteiger partial charge in [0.05, 0.1) is 11.4 Å². The molecule has 2 aromatic rings. The third-order valence-electron chi connectivity index (χ3n) is 3.05. The summed E-state index contributed by atoms with van der Waals surface area (Å²) in [5.41, 5.74) is 0.621. The van der Waals surface area contributed by atoms with Crippen LogP contribution in [0, 0.1) is 0 Å². The highest BCUT2D eigenvalue weighted by Crippen LogP contribution is 2.26. The van der Waals surface area contributed by atoms with Gasteiger partial charge in [-0.25, -0.2) is 4.68 Å². The summed E-state index contributed by atoms with van der Waals surface area (Å²) in [5, 5.41) is 11.6. The van der Waals surface area contributed by atoms with E-state index in [-0.39, 0.29) is 17.1 Å². The van der Waals surface area contributed by atoms with Crippen molar-refractivity contribution in [3.63, 3.8) is 0 Å². The number of para-hydroxylation sites is 1. The van der Waals surface area contributed by atoms with Gasteiger partial charge in [0, 0.05) is 10.3 Å². The van der Waals surface area contributed by atoms with Gasteiger partial charge >= 0.3 is 0 Å². The number of amides is 1. The van der Waals surface area contributed by atoms with Crippen LogP contribution in [-0.2, 0) is 10.2 Å². The molecule has 1 amide bonds. The van der Waals surface area contributed by atoms with Crippen molar-refractivity contribution in [2.45, 2.75) is 36.2 Å². The van der Waals surface area contributed by atoms with Crippen LogP contribution in [0.1, 0.15) is 26.6 Å². The first-order valence-corrected chi connectivity index (χ1v) is 9.30. The number of hydrogen-bond acceptors (Lipinski definition) is 6. The summed E-state index contributed by atoms with van der Waals surface area (Å²) in [6.45, 7) is 6.04. The van der Waals surface area contributed by atoms with Crippen LogP contribution in [0.15, 0.2) is 34.3 Å². The number of carbonyl (C=O) groups is 1. The molecule has 1 aromatic heterocycles. The Labute approximate surface area is 144 Å². The molecular formula is C15H21N5OS2. The Balaban J connectivity index is 1.99. The van der Waals surface area contributed by atoms with E-state index in [9.17, 15) is 4.79 Å². The third kappa shape index (κ3) is 4.42. The molecular weight excluding hydrogens is 330 g/mol. The van der Waals surface area contributed by atoms with Gasteiger partial charge in [-0.1, -0.05) is 44.7 Å². The molecule has 6 nitrogen and oxygen atoms in total. The standard InChI is InChI=1S/C15H21N5OS2/c1-15(2,3)13-18-19-14(20(13)16)23-9-12(21)17-10-7-5-6-8-11(10)22-4/h5-8H,9,16H2,1-4H3,(H,17,21). The van der Waals surface area contributed by atoms with Gasteiger partial charge in [0.2, 0.25) is 11.1 Å². The summed E-state index contributed by atoms with van der Waals surface area (Å²) in [6, 6.07) is 7.70. The SMILES string of the molecule is CSc1ccccc1NC(=O)CSc1nnc(C(C)(C)C)n1N. The topological polar surface area (TPSA) is 85.8 Å². The molecule has 2 rings (SSSR count). The van der Waals surface area contributed by atoms with E-state index in [1.54, 1.807) is 11.8 Å². The maximum atomic E-state index is 12.1. The molecule has 0 fully saturated rings. The fraction of sp³-hybridized carbons (Fsp3) is 0.400. The molecule has 1 heterocycles. The van der Waals surface area contributed by atoms with E-state index in [1.165, 1.54) is 16.4 Å². The summed E-state index contributed by atoms with van der Waals surface area (Å²) in [4.78, 5) is 13.2. The molecule has 0 radical (unpaired) electrons. The zero-order chi connectivity index (χ0) is 17.0. The van der Waals surface area contributed by atoms with Crippen LogP contribution in [0.5, 0.6) is 0 Å². The van der Waals surface area contributed by atoms with Gasteiger partial charge in [0.15, 0.2) is 5.82 Å². The molecule has 8 heteroatoms. The van der Waals surface area contributed by atoms with Gasteiger partial charge in [-0.3, -0.25) is 4.79 Å². The highest BCUT2D eigenvalue weighted by atomic mass is 32.2. The van der Waals surface area contributed by atoms with E-state index in [2.05, 4.69) is 15.5 Å². The second-order valence-corrected chi connectivity index (χ2v) is 7.75. The fourth-order valence-electron chi connectivity index (χ4n) is 1.95. The molecule has 0 spiro atoms. The van der Waals surface area contributed by atoms with Crippen molar-refractivity contribution in [1.82, 2.24) is 14.9 Å². The number of carbonyl (C=O) groups excluding carboxylic acids is 1. The lowest BCUT2D eigenvalue weighted by atomic mass is 9.96. The van der Waals surface area contributed by atoms with E-state index in [1.807, 2.05) is 51.3 Å². The first-order valence-electron chi connectivity index (χ1n) is 7.09. The monoisotopic (exact) mass is 351 g/mol. The number of nitrogens with one attached hydrogen (secondary N) is 1. The van der Waals surface area contributed by atoms with Crippen LogP contribution in [0.4, 0.5) is 5.69 Å². The van der Waals surface area contributed by atoms with Crippen LogP contribution in [-0.4, -0.2) is 32.8 Å². The van der Waals surface area contributed by atoms with Crippen LogP contribution in [0.3, 0.4) is 0 Å². The van der Waals surface area contributed by atoms with Crippen LogP contribution >= 0.6 is 23.5 Å². The molecule has 0 saturated carbocycles. The molecule has 0 aliphatic carbocycles. The van der Waals surface area contributed by atoms with Crippen molar-refractivity contribution in [3.8, 4) is 0 Å². The molecule has 124 valence electrons. The molecule has 0 saturated heterocycles. The average molecular weight is 352 g/mol. The van der Waals surface area contributed by atoms with Crippen molar-refractivity contribution in [2.24, 2.45) is 0 Å². The lowest BCUT2D eigenvalue weighted by Crippen LogP contribution is -2.24. The summed E-state index contributed by atoms with van der Waals surface area (Å²) in [6.07, 6.45) is 1.98. The number of aromatic nitrogens is 3. The summed E-state index contributed by atoms with van der Waals surface area (Å²) < 4.78 is 1.45. The normalized spacial score (nSPS) is 11.5. The third-order valence-corrected chi connectivity index (χ3v) is 4.79. The summed E-state index contributed by atoms with van der Waals surface area (Å²) in [7, 11) is 0. The van der Waals surface area contributed by atoms with E-state index in [4.69, 9.17) is 5.84 Å². The Morgan fingerprint density at radius 3 is 2.61 bits per heavy atom. The van der Waals surface area contributed by atoms with Crippen molar-refractivity contribution >= 4 is 35.1 Å². The Morgan fingerprint density at radius 1 is 1.30 bits per heavy atom.